The summed E-state index contributed by atoms with van der Waals surface area (Å²) in [7, 11) is 0. The van der Waals surface area contributed by atoms with Gasteiger partial charge in [0.1, 0.15) is 5.82 Å². The number of carbonyl (C=O) groups is 1. The number of halogens is 1. The van der Waals surface area contributed by atoms with Gasteiger partial charge in [-0.2, -0.15) is 0 Å². The monoisotopic (exact) mass is 286 g/mol. The lowest BCUT2D eigenvalue weighted by molar-refractivity contribution is -0.118. The maximum absolute atomic E-state index is 12.5. The third-order valence-electron chi connectivity index (χ3n) is 3.69. The van der Waals surface area contributed by atoms with E-state index in [0.717, 1.165) is 24.1 Å². The molecule has 1 saturated carbocycles. The molecule has 20 heavy (non-hydrogen) atoms. The molecule has 102 valence electrons. The molecular weight excluding hydrogens is 272 g/mol. The van der Waals surface area contributed by atoms with E-state index in [9.17, 15) is 4.79 Å². The third kappa shape index (κ3) is 2.41. The summed E-state index contributed by atoms with van der Waals surface area (Å²) in [6, 6.07) is 13.1. The zero-order valence-corrected chi connectivity index (χ0v) is 11.9. The Morgan fingerprint density at radius 1 is 1.25 bits per heavy atom. The zero-order chi connectivity index (χ0) is 14.2. The van der Waals surface area contributed by atoms with Crippen LogP contribution in [0, 0.1) is 6.92 Å². The fraction of sp³-hybridized carbons (Fsp3) is 0.250. The van der Waals surface area contributed by atoms with E-state index in [1.54, 1.807) is 6.07 Å². The van der Waals surface area contributed by atoms with Gasteiger partial charge in [-0.15, -0.1) is 0 Å². The summed E-state index contributed by atoms with van der Waals surface area (Å²) in [4.78, 5) is 16.8. The number of rotatable bonds is 3. The summed E-state index contributed by atoms with van der Waals surface area (Å²) < 4.78 is 0. The number of carbonyl (C=O) groups excluding carboxylic acids is 1. The van der Waals surface area contributed by atoms with Gasteiger partial charge in [0.25, 0.3) is 0 Å². The lowest BCUT2D eigenvalue weighted by Crippen LogP contribution is -2.28. The first-order chi connectivity index (χ1) is 9.60. The van der Waals surface area contributed by atoms with E-state index < -0.39 is 5.41 Å². The average molecular weight is 287 g/mol. The summed E-state index contributed by atoms with van der Waals surface area (Å²) in [6.07, 6.45) is 1.70. The van der Waals surface area contributed by atoms with E-state index in [0.29, 0.717) is 10.8 Å². The highest BCUT2D eigenvalue weighted by Gasteiger charge is 2.51. The topological polar surface area (TPSA) is 42.0 Å². The summed E-state index contributed by atoms with van der Waals surface area (Å²) in [5.41, 5.74) is 1.43. The predicted molar refractivity (Wildman–Crippen MR) is 80.0 cm³/mol. The van der Waals surface area contributed by atoms with Gasteiger partial charge < -0.3 is 5.32 Å². The molecule has 0 spiro atoms. The van der Waals surface area contributed by atoms with E-state index in [1.165, 1.54) is 0 Å². The van der Waals surface area contributed by atoms with Gasteiger partial charge in [-0.05, 0) is 49.6 Å². The summed E-state index contributed by atoms with van der Waals surface area (Å²) >= 11 is 6.02. The number of pyridine rings is 1. The summed E-state index contributed by atoms with van der Waals surface area (Å²) in [5, 5.41) is 3.57. The van der Waals surface area contributed by atoms with Crippen molar-refractivity contribution in [3.05, 3.63) is 58.7 Å². The van der Waals surface area contributed by atoms with Crippen molar-refractivity contribution in [2.45, 2.75) is 25.2 Å². The van der Waals surface area contributed by atoms with Crippen molar-refractivity contribution in [1.29, 1.82) is 0 Å². The Balaban J connectivity index is 1.83. The van der Waals surface area contributed by atoms with Crippen LogP contribution in [0.5, 0.6) is 0 Å². The molecule has 1 aromatic carbocycles. The normalized spacial score (nSPS) is 15.7. The third-order valence-corrected chi connectivity index (χ3v) is 3.93. The number of benzene rings is 1. The van der Waals surface area contributed by atoms with Crippen molar-refractivity contribution in [2.75, 3.05) is 5.32 Å². The molecule has 0 bridgehead atoms. The Labute approximate surface area is 123 Å². The smallest absolute Gasteiger partial charge is 0.236 e. The fourth-order valence-electron chi connectivity index (χ4n) is 2.41. The number of nitrogens with zero attached hydrogens (tertiary/aromatic N) is 1. The zero-order valence-electron chi connectivity index (χ0n) is 11.2. The Kier molecular flexibility index (Phi) is 3.22. The molecule has 1 amide bonds. The highest BCUT2D eigenvalue weighted by atomic mass is 35.5. The molecule has 0 saturated heterocycles. The second-order valence-corrected chi connectivity index (χ2v) is 5.65. The minimum absolute atomic E-state index is 0.00198. The van der Waals surface area contributed by atoms with E-state index in [-0.39, 0.29) is 5.91 Å². The van der Waals surface area contributed by atoms with Crippen molar-refractivity contribution in [3.8, 4) is 0 Å². The van der Waals surface area contributed by atoms with Crippen molar-refractivity contribution >= 4 is 23.3 Å². The average Bonchev–Trinajstić information content (AvgIpc) is 3.20. The number of amides is 1. The van der Waals surface area contributed by atoms with Gasteiger partial charge in [-0.25, -0.2) is 4.98 Å². The number of anilines is 1. The van der Waals surface area contributed by atoms with E-state index in [1.807, 2.05) is 43.3 Å². The fourth-order valence-corrected chi connectivity index (χ4v) is 2.60. The second kappa shape index (κ2) is 4.91. The molecule has 1 aliphatic carbocycles. The van der Waals surface area contributed by atoms with Crippen molar-refractivity contribution in [3.63, 3.8) is 0 Å². The van der Waals surface area contributed by atoms with Crippen LogP contribution in [0.15, 0.2) is 42.5 Å². The lowest BCUT2D eigenvalue weighted by Gasteiger charge is -2.15. The van der Waals surface area contributed by atoms with Crippen LogP contribution in [0.4, 0.5) is 5.82 Å². The molecule has 0 unspecified atom stereocenters. The molecule has 1 fully saturated rings. The highest BCUT2D eigenvalue weighted by Crippen LogP contribution is 2.49. The van der Waals surface area contributed by atoms with Crippen LogP contribution in [0.1, 0.15) is 24.1 Å². The molecule has 4 heteroatoms. The van der Waals surface area contributed by atoms with E-state index >= 15 is 0 Å². The van der Waals surface area contributed by atoms with E-state index in [4.69, 9.17) is 11.6 Å². The maximum Gasteiger partial charge on any atom is 0.236 e. The molecule has 3 rings (SSSR count). The van der Waals surface area contributed by atoms with E-state index in [2.05, 4.69) is 10.3 Å². The number of aryl methyl sites for hydroxylation is 1. The molecule has 3 nitrogen and oxygen atoms in total. The van der Waals surface area contributed by atoms with Crippen molar-refractivity contribution in [1.82, 2.24) is 4.98 Å². The second-order valence-electron chi connectivity index (χ2n) is 5.21. The highest BCUT2D eigenvalue weighted by molar-refractivity contribution is 6.30. The van der Waals surface area contributed by atoms with Gasteiger partial charge in [-0.1, -0.05) is 29.8 Å². The minimum atomic E-state index is -0.434. The molecule has 1 aliphatic rings. The molecule has 1 aromatic heterocycles. The van der Waals surface area contributed by atoms with Crippen LogP contribution in [0.25, 0.3) is 0 Å². The molecule has 1 N–H and O–H groups in total. The number of hydrogen-bond acceptors (Lipinski definition) is 2. The number of hydrogen-bond donors (Lipinski definition) is 1. The molecular formula is C16H15ClN2O. The Morgan fingerprint density at radius 2 is 2.00 bits per heavy atom. The first-order valence-electron chi connectivity index (χ1n) is 6.61. The largest absolute Gasteiger partial charge is 0.310 e. The number of nitrogens with one attached hydrogen (secondary N) is 1. The molecule has 1 heterocycles. The van der Waals surface area contributed by atoms with Gasteiger partial charge >= 0.3 is 0 Å². The van der Waals surface area contributed by atoms with Crippen LogP contribution in [0.2, 0.25) is 5.02 Å². The Bertz CT molecular complexity index is 665. The Hall–Kier alpha value is -1.87. The maximum atomic E-state index is 12.5. The van der Waals surface area contributed by atoms with Crippen LogP contribution >= 0.6 is 11.6 Å². The molecule has 0 atom stereocenters. The lowest BCUT2D eigenvalue weighted by atomic mass is 9.95. The molecule has 0 radical (unpaired) electrons. The standard InChI is InChI=1S/C16H15ClN2O/c1-11-4-2-7-14(18-11)19-15(20)16(8-9-16)12-5-3-6-13(17)10-12/h2-7,10H,8-9H2,1H3,(H,18,19,20). The molecule has 0 aliphatic heterocycles. The quantitative estimate of drug-likeness (QED) is 0.934. The van der Waals surface area contributed by atoms with Gasteiger partial charge in [0, 0.05) is 10.7 Å². The summed E-state index contributed by atoms with van der Waals surface area (Å²) in [5.74, 6) is 0.598. The van der Waals surface area contributed by atoms with Gasteiger partial charge in [0.05, 0.1) is 5.41 Å². The molecule has 2 aromatic rings. The Morgan fingerprint density at radius 3 is 2.65 bits per heavy atom. The van der Waals surface area contributed by atoms with Crippen LogP contribution in [-0.2, 0) is 10.2 Å². The van der Waals surface area contributed by atoms with Crippen LogP contribution in [0.3, 0.4) is 0 Å². The van der Waals surface area contributed by atoms with Crippen LogP contribution < -0.4 is 5.32 Å². The number of aromatic nitrogens is 1. The van der Waals surface area contributed by atoms with Gasteiger partial charge in [0.2, 0.25) is 5.91 Å². The first-order valence-corrected chi connectivity index (χ1v) is 6.99. The van der Waals surface area contributed by atoms with Gasteiger partial charge in [0.15, 0.2) is 0 Å². The van der Waals surface area contributed by atoms with Crippen molar-refractivity contribution < 1.29 is 4.79 Å². The SMILES string of the molecule is Cc1cccc(NC(=O)C2(c3cccc(Cl)c3)CC2)n1. The minimum Gasteiger partial charge on any atom is -0.310 e. The van der Waals surface area contributed by atoms with Crippen molar-refractivity contribution in [2.24, 2.45) is 0 Å². The first kappa shape index (κ1) is 13.1. The summed E-state index contributed by atoms with van der Waals surface area (Å²) in [6.45, 7) is 1.90. The predicted octanol–water partition coefficient (Wildman–Crippen LogP) is 3.71. The van der Waals surface area contributed by atoms with Gasteiger partial charge in [-0.3, -0.25) is 4.79 Å². The van der Waals surface area contributed by atoms with Crippen LogP contribution in [-0.4, -0.2) is 10.9 Å².